The molecule has 2 N–H and O–H groups in total. The number of hydrogen-bond donors (Lipinski definition) is 2. The van der Waals surface area contributed by atoms with E-state index in [4.69, 9.17) is 11.6 Å². The number of aromatic amines is 1. The molecule has 1 aromatic carbocycles. The number of nitrogens with one attached hydrogen (secondary N) is 2. The lowest BCUT2D eigenvalue weighted by Gasteiger charge is -2.32. The quantitative estimate of drug-likeness (QED) is 0.904. The fraction of sp³-hybridized carbons (Fsp3) is 0.312. The maximum absolute atomic E-state index is 12.3. The second-order valence-electron chi connectivity index (χ2n) is 5.51. The van der Waals surface area contributed by atoms with E-state index in [0.717, 1.165) is 5.69 Å². The first-order valence-corrected chi connectivity index (χ1v) is 7.87. The topological polar surface area (TPSA) is 78.1 Å². The molecule has 0 saturated carbocycles. The lowest BCUT2D eigenvalue weighted by molar-refractivity contribution is -0.120. The number of hydrogen-bond acceptors (Lipinski definition) is 4. The van der Waals surface area contributed by atoms with Gasteiger partial charge in [0.1, 0.15) is 5.02 Å². The van der Waals surface area contributed by atoms with Crippen molar-refractivity contribution < 1.29 is 4.79 Å². The number of rotatable bonds is 3. The van der Waals surface area contributed by atoms with Gasteiger partial charge in [0.15, 0.2) is 0 Å². The van der Waals surface area contributed by atoms with Crippen LogP contribution in [0.25, 0.3) is 0 Å². The average molecular weight is 333 g/mol. The zero-order valence-electron chi connectivity index (χ0n) is 12.5. The lowest BCUT2D eigenvalue weighted by Crippen LogP contribution is -2.39. The Hall–Kier alpha value is -2.34. The van der Waals surface area contributed by atoms with Gasteiger partial charge >= 0.3 is 0 Å². The zero-order valence-corrected chi connectivity index (χ0v) is 13.2. The number of piperidine rings is 1. The normalized spacial score (nSPS) is 15.4. The summed E-state index contributed by atoms with van der Waals surface area (Å²) in [6.45, 7) is 1.33. The number of benzene rings is 1. The van der Waals surface area contributed by atoms with Crippen LogP contribution in [0.15, 0.2) is 41.3 Å². The third kappa shape index (κ3) is 3.53. The van der Waals surface area contributed by atoms with Crippen LogP contribution in [-0.4, -0.2) is 29.2 Å². The van der Waals surface area contributed by atoms with E-state index >= 15 is 0 Å². The maximum Gasteiger partial charge on any atom is 0.285 e. The smallest absolute Gasteiger partial charge is 0.285 e. The van der Waals surface area contributed by atoms with Crippen LogP contribution >= 0.6 is 11.6 Å². The standard InChI is InChI=1S/C16H17ClN4O2/c17-14-13(10-18-20-16(14)23)21-8-6-11(7-9-21)15(22)19-12-4-2-1-3-5-12/h1-5,10-11H,6-9H2,(H,19,22)(H,20,23). The summed E-state index contributed by atoms with van der Waals surface area (Å²) in [6, 6.07) is 9.43. The second kappa shape index (κ2) is 6.83. The molecule has 120 valence electrons. The summed E-state index contributed by atoms with van der Waals surface area (Å²) in [5, 5.41) is 9.17. The van der Waals surface area contributed by atoms with Gasteiger partial charge in [0.25, 0.3) is 5.56 Å². The Morgan fingerprint density at radius 2 is 1.96 bits per heavy atom. The molecule has 7 heteroatoms. The van der Waals surface area contributed by atoms with Crippen molar-refractivity contribution in [2.24, 2.45) is 5.92 Å². The van der Waals surface area contributed by atoms with Crippen LogP contribution in [0.4, 0.5) is 11.4 Å². The van der Waals surface area contributed by atoms with Crippen LogP contribution in [-0.2, 0) is 4.79 Å². The Bertz CT molecular complexity index is 739. The van der Waals surface area contributed by atoms with Gasteiger partial charge in [0, 0.05) is 24.7 Å². The monoisotopic (exact) mass is 332 g/mol. The Kier molecular flexibility index (Phi) is 4.62. The Morgan fingerprint density at radius 3 is 2.65 bits per heavy atom. The van der Waals surface area contributed by atoms with Gasteiger partial charge < -0.3 is 10.2 Å². The van der Waals surface area contributed by atoms with Crippen molar-refractivity contribution in [3.05, 3.63) is 51.9 Å². The van der Waals surface area contributed by atoms with Crippen LogP contribution in [0.2, 0.25) is 5.02 Å². The van der Waals surface area contributed by atoms with Crippen LogP contribution in [0.3, 0.4) is 0 Å². The van der Waals surface area contributed by atoms with Crippen LogP contribution < -0.4 is 15.8 Å². The number of anilines is 2. The highest BCUT2D eigenvalue weighted by atomic mass is 35.5. The minimum absolute atomic E-state index is 0.0333. The van der Waals surface area contributed by atoms with E-state index in [2.05, 4.69) is 15.5 Å². The number of carbonyl (C=O) groups is 1. The molecule has 0 bridgehead atoms. The van der Waals surface area contributed by atoms with Gasteiger partial charge in [-0.05, 0) is 25.0 Å². The van der Waals surface area contributed by atoms with Crippen molar-refractivity contribution in [1.82, 2.24) is 10.2 Å². The first kappa shape index (κ1) is 15.6. The summed E-state index contributed by atoms with van der Waals surface area (Å²) >= 11 is 6.03. The number of nitrogens with zero attached hydrogens (tertiary/aromatic N) is 2. The summed E-state index contributed by atoms with van der Waals surface area (Å²) in [4.78, 5) is 25.8. The fourth-order valence-electron chi connectivity index (χ4n) is 2.74. The molecule has 0 radical (unpaired) electrons. The second-order valence-corrected chi connectivity index (χ2v) is 5.89. The Balaban J connectivity index is 1.61. The minimum Gasteiger partial charge on any atom is -0.369 e. The molecule has 2 heterocycles. The molecule has 1 amide bonds. The van der Waals surface area contributed by atoms with E-state index < -0.39 is 5.56 Å². The van der Waals surface area contributed by atoms with Crippen molar-refractivity contribution in [3.63, 3.8) is 0 Å². The summed E-state index contributed by atoms with van der Waals surface area (Å²) in [7, 11) is 0. The highest BCUT2D eigenvalue weighted by Crippen LogP contribution is 2.27. The van der Waals surface area contributed by atoms with E-state index in [1.165, 1.54) is 0 Å². The molecule has 0 unspecified atom stereocenters. The number of carbonyl (C=O) groups excluding carboxylic acids is 1. The number of amides is 1. The average Bonchev–Trinajstić information content (AvgIpc) is 2.58. The van der Waals surface area contributed by atoms with Crippen LogP contribution in [0, 0.1) is 5.92 Å². The predicted octanol–water partition coefficient (Wildman–Crippen LogP) is 2.28. The Labute approximate surface area is 138 Å². The molecule has 1 aliphatic rings. The first-order chi connectivity index (χ1) is 11.1. The molecule has 1 aromatic heterocycles. The molecule has 0 aliphatic carbocycles. The summed E-state index contributed by atoms with van der Waals surface area (Å²) in [6.07, 6.45) is 2.97. The molecule has 2 aromatic rings. The summed E-state index contributed by atoms with van der Waals surface area (Å²) in [5.41, 5.74) is 1.03. The van der Waals surface area contributed by atoms with E-state index in [1.807, 2.05) is 35.2 Å². The third-order valence-electron chi connectivity index (χ3n) is 4.02. The van der Waals surface area contributed by atoms with Crippen molar-refractivity contribution in [1.29, 1.82) is 0 Å². The molecular formula is C16H17ClN4O2. The molecule has 0 spiro atoms. The van der Waals surface area contributed by atoms with Gasteiger partial charge in [-0.2, -0.15) is 5.10 Å². The first-order valence-electron chi connectivity index (χ1n) is 7.49. The van der Waals surface area contributed by atoms with E-state index in [0.29, 0.717) is 31.6 Å². The molecular weight excluding hydrogens is 316 g/mol. The fourth-order valence-corrected chi connectivity index (χ4v) is 2.95. The minimum atomic E-state index is -0.395. The molecule has 6 nitrogen and oxygen atoms in total. The van der Waals surface area contributed by atoms with Crippen molar-refractivity contribution in [2.75, 3.05) is 23.3 Å². The molecule has 1 fully saturated rings. The van der Waals surface area contributed by atoms with E-state index in [1.54, 1.807) is 6.20 Å². The third-order valence-corrected chi connectivity index (χ3v) is 4.39. The SMILES string of the molecule is O=C(Nc1ccccc1)C1CCN(c2cn[nH]c(=O)c2Cl)CC1. The van der Waals surface area contributed by atoms with Crippen LogP contribution in [0.5, 0.6) is 0 Å². The molecule has 23 heavy (non-hydrogen) atoms. The van der Waals surface area contributed by atoms with Crippen LogP contribution in [0.1, 0.15) is 12.8 Å². The molecule has 3 rings (SSSR count). The molecule has 0 atom stereocenters. The van der Waals surface area contributed by atoms with Gasteiger partial charge in [-0.1, -0.05) is 29.8 Å². The van der Waals surface area contributed by atoms with Gasteiger partial charge in [0.2, 0.25) is 5.91 Å². The number of halogens is 1. The lowest BCUT2D eigenvalue weighted by atomic mass is 9.95. The van der Waals surface area contributed by atoms with Gasteiger partial charge in [-0.15, -0.1) is 0 Å². The number of para-hydroxylation sites is 1. The highest BCUT2D eigenvalue weighted by Gasteiger charge is 2.26. The summed E-state index contributed by atoms with van der Waals surface area (Å²) in [5.74, 6) is -0.00818. The van der Waals surface area contributed by atoms with E-state index in [9.17, 15) is 9.59 Å². The largest absolute Gasteiger partial charge is 0.369 e. The highest BCUT2D eigenvalue weighted by molar-refractivity contribution is 6.33. The predicted molar refractivity (Wildman–Crippen MR) is 89.9 cm³/mol. The summed E-state index contributed by atoms with van der Waals surface area (Å²) < 4.78 is 0. The van der Waals surface area contributed by atoms with Gasteiger partial charge in [-0.3, -0.25) is 9.59 Å². The van der Waals surface area contributed by atoms with Crippen molar-refractivity contribution >= 4 is 28.9 Å². The maximum atomic E-state index is 12.3. The van der Waals surface area contributed by atoms with Gasteiger partial charge in [-0.25, -0.2) is 5.10 Å². The number of H-pyrrole nitrogens is 1. The van der Waals surface area contributed by atoms with Crippen molar-refractivity contribution in [2.45, 2.75) is 12.8 Å². The van der Waals surface area contributed by atoms with E-state index in [-0.39, 0.29) is 16.8 Å². The van der Waals surface area contributed by atoms with Crippen molar-refractivity contribution in [3.8, 4) is 0 Å². The number of aromatic nitrogens is 2. The molecule has 1 saturated heterocycles. The Morgan fingerprint density at radius 1 is 1.26 bits per heavy atom. The molecule has 1 aliphatic heterocycles. The van der Waals surface area contributed by atoms with Gasteiger partial charge in [0.05, 0.1) is 11.9 Å². The zero-order chi connectivity index (χ0) is 16.2.